The number of aromatic nitrogens is 3. The van der Waals surface area contributed by atoms with Gasteiger partial charge in [-0.05, 0) is 20.3 Å². The van der Waals surface area contributed by atoms with Crippen molar-refractivity contribution in [1.29, 1.82) is 0 Å². The van der Waals surface area contributed by atoms with Gasteiger partial charge in [-0.1, -0.05) is 6.92 Å². The van der Waals surface area contributed by atoms with Gasteiger partial charge in [0.05, 0.1) is 6.10 Å². The molecule has 1 aromatic heterocycles. The predicted octanol–water partition coefficient (Wildman–Crippen LogP) is 1.27. The van der Waals surface area contributed by atoms with Gasteiger partial charge in [0, 0.05) is 35.9 Å². The summed E-state index contributed by atoms with van der Waals surface area (Å²) in [7, 11) is -0.844. The molecule has 1 heterocycles. The second-order valence-electron chi connectivity index (χ2n) is 4.56. The Hall–Kier alpha value is -1.44. The number of hydrogen-bond acceptors (Lipinski definition) is 7. The summed E-state index contributed by atoms with van der Waals surface area (Å²) >= 11 is 0. The van der Waals surface area contributed by atoms with Gasteiger partial charge in [-0.25, -0.2) is 0 Å². The molecule has 0 spiro atoms. The third kappa shape index (κ3) is 6.65. The first-order valence-electron chi connectivity index (χ1n) is 6.71. The highest BCUT2D eigenvalue weighted by molar-refractivity contribution is 7.84. The smallest absolute Gasteiger partial charge is 0.323 e. The average molecular weight is 301 g/mol. The van der Waals surface area contributed by atoms with E-state index < -0.39 is 10.8 Å². The lowest BCUT2D eigenvalue weighted by Crippen LogP contribution is -2.16. The minimum absolute atomic E-state index is 0.00702. The minimum Gasteiger partial charge on any atom is -0.461 e. The van der Waals surface area contributed by atoms with Crippen LogP contribution in [0.2, 0.25) is 0 Å². The zero-order valence-electron chi connectivity index (χ0n) is 12.5. The van der Waals surface area contributed by atoms with Gasteiger partial charge in [-0.3, -0.25) is 4.21 Å². The number of ether oxygens (including phenoxy) is 1. The Kier molecular flexibility index (Phi) is 7.21. The van der Waals surface area contributed by atoms with Crippen LogP contribution < -0.4 is 15.4 Å². The molecular formula is C12H23N5O2S. The SMILES string of the molecule is CCCNc1nc(NCCS(C)=O)nc(OC(C)C)n1. The summed E-state index contributed by atoms with van der Waals surface area (Å²) in [6.45, 7) is 7.22. The highest BCUT2D eigenvalue weighted by Gasteiger charge is 2.08. The van der Waals surface area contributed by atoms with Gasteiger partial charge in [0.1, 0.15) is 0 Å². The van der Waals surface area contributed by atoms with Crippen LogP contribution >= 0.6 is 0 Å². The monoisotopic (exact) mass is 301 g/mol. The first kappa shape index (κ1) is 16.6. The number of nitrogens with zero attached hydrogens (tertiary/aromatic N) is 3. The Morgan fingerprint density at radius 2 is 1.75 bits per heavy atom. The summed E-state index contributed by atoms with van der Waals surface area (Å²) in [5.41, 5.74) is 0. The Bertz CT molecular complexity index is 442. The molecule has 0 aliphatic heterocycles. The first-order chi connectivity index (χ1) is 9.51. The van der Waals surface area contributed by atoms with Crippen LogP contribution in [-0.4, -0.2) is 50.4 Å². The maximum atomic E-state index is 11.0. The van der Waals surface area contributed by atoms with Crippen LogP contribution in [0.15, 0.2) is 0 Å². The van der Waals surface area contributed by atoms with Crippen molar-refractivity contribution < 1.29 is 8.95 Å². The number of hydrogen-bond donors (Lipinski definition) is 2. The Morgan fingerprint density at radius 1 is 1.15 bits per heavy atom. The van der Waals surface area contributed by atoms with Crippen molar-refractivity contribution in [2.75, 3.05) is 35.7 Å². The molecule has 1 atom stereocenters. The largest absolute Gasteiger partial charge is 0.461 e. The summed E-state index contributed by atoms with van der Waals surface area (Å²) in [4.78, 5) is 12.6. The molecule has 0 bridgehead atoms. The van der Waals surface area contributed by atoms with Crippen LogP contribution in [0.4, 0.5) is 11.9 Å². The minimum atomic E-state index is -0.844. The Labute approximate surface area is 122 Å². The molecule has 0 amide bonds. The maximum absolute atomic E-state index is 11.0. The van der Waals surface area contributed by atoms with Gasteiger partial charge in [0.25, 0.3) is 0 Å². The fourth-order valence-corrected chi connectivity index (χ4v) is 1.71. The van der Waals surface area contributed by atoms with Gasteiger partial charge in [0.15, 0.2) is 0 Å². The van der Waals surface area contributed by atoms with Crippen LogP contribution in [0.5, 0.6) is 6.01 Å². The van der Waals surface area contributed by atoms with Crippen molar-refractivity contribution in [3.8, 4) is 6.01 Å². The molecule has 0 saturated heterocycles. The van der Waals surface area contributed by atoms with E-state index >= 15 is 0 Å². The third-order valence-electron chi connectivity index (χ3n) is 2.16. The zero-order chi connectivity index (χ0) is 15.0. The number of anilines is 2. The highest BCUT2D eigenvalue weighted by atomic mass is 32.2. The van der Waals surface area contributed by atoms with Crippen molar-refractivity contribution in [3.05, 3.63) is 0 Å². The molecule has 0 radical (unpaired) electrons. The van der Waals surface area contributed by atoms with Crippen molar-refractivity contribution in [2.24, 2.45) is 0 Å². The summed E-state index contributed by atoms with van der Waals surface area (Å²) < 4.78 is 16.5. The van der Waals surface area contributed by atoms with Crippen LogP contribution in [0.3, 0.4) is 0 Å². The summed E-state index contributed by atoms with van der Waals surface area (Å²) in [6, 6.07) is 0.286. The maximum Gasteiger partial charge on any atom is 0.323 e. The number of rotatable bonds is 9. The fraction of sp³-hybridized carbons (Fsp3) is 0.750. The quantitative estimate of drug-likeness (QED) is 0.710. The lowest BCUT2D eigenvalue weighted by molar-refractivity contribution is 0.222. The highest BCUT2D eigenvalue weighted by Crippen LogP contribution is 2.12. The van der Waals surface area contributed by atoms with Gasteiger partial charge in [0.2, 0.25) is 11.9 Å². The average Bonchev–Trinajstić information content (AvgIpc) is 2.35. The molecule has 0 fully saturated rings. The third-order valence-corrected chi connectivity index (χ3v) is 2.94. The van der Waals surface area contributed by atoms with E-state index in [1.54, 1.807) is 6.26 Å². The molecule has 2 N–H and O–H groups in total. The van der Waals surface area contributed by atoms with Crippen molar-refractivity contribution in [1.82, 2.24) is 15.0 Å². The van der Waals surface area contributed by atoms with Crippen LogP contribution in [0.1, 0.15) is 27.2 Å². The van der Waals surface area contributed by atoms with Gasteiger partial charge in [-0.15, -0.1) is 0 Å². The molecule has 0 aliphatic rings. The summed E-state index contributed by atoms with van der Waals surface area (Å²) in [6.07, 6.45) is 2.63. The van der Waals surface area contributed by atoms with E-state index in [1.165, 1.54) is 0 Å². The predicted molar refractivity (Wildman–Crippen MR) is 81.8 cm³/mol. The Morgan fingerprint density at radius 3 is 2.25 bits per heavy atom. The second kappa shape index (κ2) is 8.68. The lowest BCUT2D eigenvalue weighted by atomic mass is 10.5. The van der Waals surface area contributed by atoms with Gasteiger partial charge >= 0.3 is 6.01 Å². The van der Waals surface area contributed by atoms with E-state index in [9.17, 15) is 4.21 Å². The van der Waals surface area contributed by atoms with Crippen molar-refractivity contribution in [3.63, 3.8) is 0 Å². The standard InChI is InChI=1S/C12H23N5O2S/c1-5-6-13-10-15-11(14-7-8-20(4)18)17-12(16-10)19-9(2)3/h9H,5-8H2,1-4H3,(H2,13,14,15,16,17). The second-order valence-corrected chi connectivity index (χ2v) is 6.12. The molecule has 1 rings (SSSR count). The van der Waals surface area contributed by atoms with E-state index in [0.29, 0.717) is 24.2 Å². The molecule has 114 valence electrons. The normalized spacial score (nSPS) is 12.2. The van der Waals surface area contributed by atoms with E-state index in [2.05, 4.69) is 32.5 Å². The van der Waals surface area contributed by atoms with Crippen LogP contribution in [0.25, 0.3) is 0 Å². The van der Waals surface area contributed by atoms with E-state index in [1.807, 2.05) is 13.8 Å². The topological polar surface area (TPSA) is 89.0 Å². The number of nitrogens with one attached hydrogen (secondary N) is 2. The molecule has 1 unspecified atom stereocenters. The summed E-state index contributed by atoms with van der Waals surface area (Å²) in [5, 5.41) is 6.14. The molecule has 7 nitrogen and oxygen atoms in total. The fourth-order valence-electron chi connectivity index (χ4n) is 1.32. The Balaban J connectivity index is 2.76. The van der Waals surface area contributed by atoms with E-state index in [4.69, 9.17) is 4.74 Å². The summed E-state index contributed by atoms with van der Waals surface area (Å²) in [5.74, 6) is 1.46. The molecule has 0 aromatic carbocycles. The van der Waals surface area contributed by atoms with Crippen LogP contribution in [0, 0.1) is 0 Å². The molecule has 20 heavy (non-hydrogen) atoms. The zero-order valence-corrected chi connectivity index (χ0v) is 13.3. The van der Waals surface area contributed by atoms with Gasteiger partial charge in [-0.2, -0.15) is 15.0 Å². The van der Waals surface area contributed by atoms with E-state index in [-0.39, 0.29) is 12.1 Å². The molecular weight excluding hydrogens is 278 g/mol. The molecule has 0 saturated carbocycles. The van der Waals surface area contributed by atoms with Crippen molar-refractivity contribution >= 4 is 22.7 Å². The van der Waals surface area contributed by atoms with Crippen LogP contribution in [-0.2, 0) is 10.8 Å². The molecule has 1 aromatic rings. The van der Waals surface area contributed by atoms with Crippen molar-refractivity contribution in [2.45, 2.75) is 33.3 Å². The molecule has 8 heteroatoms. The van der Waals surface area contributed by atoms with Gasteiger partial charge < -0.3 is 15.4 Å². The first-order valence-corrected chi connectivity index (χ1v) is 8.44. The van der Waals surface area contributed by atoms with E-state index in [0.717, 1.165) is 13.0 Å². The molecule has 0 aliphatic carbocycles. The lowest BCUT2D eigenvalue weighted by Gasteiger charge is -2.11.